The predicted octanol–water partition coefficient (Wildman–Crippen LogP) is 3.67. The highest BCUT2D eigenvalue weighted by Crippen LogP contribution is 2.28. The zero-order valence-corrected chi connectivity index (χ0v) is 20.1. The van der Waals surface area contributed by atoms with Crippen molar-refractivity contribution in [2.24, 2.45) is 0 Å². The van der Waals surface area contributed by atoms with Crippen molar-refractivity contribution in [3.8, 4) is 11.4 Å². The summed E-state index contributed by atoms with van der Waals surface area (Å²) in [6.45, 7) is 9.32. The molecule has 3 aromatic heterocycles. The summed E-state index contributed by atoms with van der Waals surface area (Å²) in [5.74, 6) is 0.842. The van der Waals surface area contributed by atoms with Crippen LogP contribution in [0, 0.1) is 0 Å². The van der Waals surface area contributed by atoms with Crippen molar-refractivity contribution < 1.29 is 14.7 Å². The maximum atomic E-state index is 13.4. The minimum absolute atomic E-state index is 0.0739. The van der Waals surface area contributed by atoms with Crippen LogP contribution in [-0.4, -0.2) is 77.7 Å². The van der Waals surface area contributed by atoms with Gasteiger partial charge in [0.15, 0.2) is 5.82 Å². The molecule has 2 amide bonds. The van der Waals surface area contributed by atoms with E-state index in [-0.39, 0.29) is 17.5 Å². The molecule has 0 aliphatic carbocycles. The monoisotopic (exact) mass is 471 g/mol. The molecule has 0 unspecified atom stereocenters. The van der Waals surface area contributed by atoms with Crippen LogP contribution >= 0.6 is 11.3 Å². The van der Waals surface area contributed by atoms with Crippen molar-refractivity contribution in [2.75, 3.05) is 25.0 Å². The molecule has 1 fully saturated rings. The fraction of sp³-hybridized carbons (Fsp3) is 0.500. The molecular weight excluding hydrogens is 442 g/mol. The Balaban J connectivity index is 1.61. The molecule has 1 aliphatic heterocycles. The summed E-state index contributed by atoms with van der Waals surface area (Å²) in [5.41, 5.74) is 0.837. The second-order valence-electron chi connectivity index (χ2n) is 9.14. The molecule has 3 aromatic rings. The van der Waals surface area contributed by atoms with Gasteiger partial charge < -0.3 is 20.2 Å². The molecule has 33 heavy (non-hydrogen) atoms. The quantitative estimate of drug-likeness (QED) is 0.583. The summed E-state index contributed by atoms with van der Waals surface area (Å²) in [7, 11) is 0. The average Bonchev–Trinajstić information content (AvgIpc) is 3.36. The first-order chi connectivity index (χ1) is 15.7. The standard InChI is InChI=1S/C22H29N7O3S/c1-5-28(21(31)32)14-6-8-27(9-7-14)19(30)16-12-17(26-22(2,3)4)25-18(24-16)15-13-23-29-10-11-33-20(15)29/h10-14H,5-9H2,1-4H3,(H,31,32)(H,24,25,26). The molecule has 1 saturated heterocycles. The van der Waals surface area contributed by atoms with E-state index in [4.69, 9.17) is 0 Å². The minimum atomic E-state index is -0.915. The Morgan fingerprint density at radius 1 is 1.27 bits per heavy atom. The van der Waals surface area contributed by atoms with Gasteiger partial charge in [0, 0.05) is 48.9 Å². The smallest absolute Gasteiger partial charge is 0.407 e. The number of piperidine rings is 1. The third-order valence-corrected chi connectivity index (χ3v) is 6.49. The van der Waals surface area contributed by atoms with Crippen LogP contribution in [-0.2, 0) is 0 Å². The molecule has 0 saturated carbocycles. The number of nitrogens with zero attached hydrogens (tertiary/aromatic N) is 6. The van der Waals surface area contributed by atoms with Gasteiger partial charge in [0.1, 0.15) is 16.3 Å². The van der Waals surface area contributed by atoms with Crippen LogP contribution in [0.5, 0.6) is 0 Å². The number of amides is 2. The molecule has 1 aliphatic rings. The highest BCUT2D eigenvalue weighted by Gasteiger charge is 2.30. The van der Waals surface area contributed by atoms with Gasteiger partial charge >= 0.3 is 6.09 Å². The second kappa shape index (κ2) is 8.97. The number of carbonyl (C=O) groups is 2. The molecule has 0 bridgehead atoms. The summed E-state index contributed by atoms with van der Waals surface area (Å²) in [5, 5.41) is 19.0. The van der Waals surface area contributed by atoms with Gasteiger partial charge in [0.25, 0.3) is 5.91 Å². The third kappa shape index (κ3) is 4.92. The summed E-state index contributed by atoms with van der Waals surface area (Å²) in [6.07, 6.45) is 3.88. The minimum Gasteiger partial charge on any atom is -0.465 e. The topological polar surface area (TPSA) is 116 Å². The Bertz CT molecular complexity index is 1160. The number of likely N-dealkylation sites (tertiary alicyclic amines) is 1. The maximum absolute atomic E-state index is 13.4. The molecule has 0 spiro atoms. The molecule has 176 valence electrons. The van der Waals surface area contributed by atoms with Gasteiger partial charge in [-0.25, -0.2) is 19.3 Å². The van der Waals surface area contributed by atoms with Crippen molar-refractivity contribution >= 4 is 34.0 Å². The maximum Gasteiger partial charge on any atom is 0.407 e. The Hall–Kier alpha value is -3.21. The van der Waals surface area contributed by atoms with E-state index in [1.807, 2.05) is 39.3 Å². The number of anilines is 1. The molecule has 0 atom stereocenters. The van der Waals surface area contributed by atoms with Crippen LogP contribution in [0.3, 0.4) is 0 Å². The number of aromatic nitrogens is 4. The van der Waals surface area contributed by atoms with Gasteiger partial charge in [0.2, 0.25) is 0 Å². The lowest BCUT2D eigenvalue weighted by Crippen LogP contribution is -2.48. The molecule has 2 N–H and O–H groups in total. The Kier molecular flexibility index (Phi) is 6.24. The van der Waals surface area contributed by atoms with Gasteiger partial charge in [-0.3, -0.25) is 4.79 Å². The van der Waals surface area contributed by atoms with E-state index in [9.17, 15) is 14.7 Å². The first kappa shape index (κ1) is 23.0. The number of rotatable bonds is 5. The molecule has 0 radical (unpaired) electrons. The van der Waals surface area contributed by atoms with Crippen LogP contribution in [0.15, 0.2) is 23.8 Å². The SMILES string of the molecule is CCN(C(=O)O)C1CCN(C(=O)c2cc(NC(C)(C)C)nc(-c3cnn4ccsc34)n2)CC1. The number of carboxylic acid groups (broad SMARTS) is 1. The number of carbonyl (C=O) groups excluding carboxylic acids is 1. The first-order valence-electron chi connectivity index (χ1n) is 11.0. The number of nitrogens with one attached hydrogen (secondary N) is 1. The zero-order chi connectivity index (χ0) is 23.8. The van der Waals surface area contributed by atoms with Gasteiger partial charge in [-0.1, -0.05) is 0 Å². The lowest BCUT2D eigenvalue weighted by atomic mass is 10.0. The van der Waals surface area contributed by atoms with Gasteiger partial charge in [-0.05, 0) is 40.5 Å². The fourth-order valence-electron chi connectivity index (χ4n) is 4.10. The normalized spacial score (nSPS) is 15.1. The van der Waals surface area contributed by atoms with Crippen LogP contribution < -0.4 is 5.32 Å². The Morgan fingerprint density at radius 3 is 2.64 bits per heavy atom. The van der Waals surface area contributed by atoms with E-state index in [1.54, 1.807) is 21.7 Å². The van der Waals surface area contributed by atoms with E-state index >= 15 is 0 Å². The summed E-state index contributed by atoms with van der Waals surface area (Å²) in [6, 6.07) is 1.61. The molecule has 4 heterocycles. The number of hydrogen-bond donors (Lipinski definition) is 2. The van der Waals surface area contributed by atoms with Gasteiger partial charge in [-0.15, -0.1) is 11.3 Å². The molecule has 11 heteroatoms. The predicted molar refractivity (Wildman–Crippen MR) is 127 cm³/mol. The Morgan fingerprint density at radius 2 is 2.00 bits per heavy atom. The summed E-state index contributed by atoms with van der Waals surface area (Å²) < 4.78 is 1.77. The van der Waals surface area contributed by atoms with Crippen LogP contribution in [0.1, 0.15) is 51.0 Å². The molecular formula is C22H29N7O3S. The van der Waals surface area contributed by atoms with Crippen LogP contribution in [0.25, 0.3) is 16.2 Å². The van der Waals surface area contributed by atoms with Gasteiger partial charge in [-0.2, -0.15) is 5.10 Å². The Labute approximate surface area is 196 Å². The highest BCUT2D eigenvalue weighted by atomic mass is 32.1. The lowest BCUT2D eigenvalue weighted by Gasteiger charge is -2.36. The highest BCUT2D eigenvalue weighted by molar-refractivity contribution is 7.16. The van der Waals surface area contributed by atoms with Crippen LogP contribution in [0.2, 0.25) is 0 Å². The second-order valence-corrected chi connectivity index (χ2v) is 10.0. The van der Waals surface area contributed by atoms with Crippen molar-refractivity contribution in [1.29, 1.82) is 0 Å². The van der Waals surface area contributed by atoms with E-state index in [1.165, 1.54) is 16.2 Å². The van der Waals surface area contributed by atoms with Crippen molar-refractivity contribution in [3.63, 3.8) is 0 Å². The summed E-state index contributed by atoms with van der Waals surface area (Å²) >= 11 is 1.54. The lowest BCUT2D eigenvalue weighted by molar-refractivity contribution is 0.0617. The first-order valence-corrected chi connectivity index (χ1v) is 11.9. The zero-order valence-electron chi connectivity index (χ0n) is 19.3. The largest absolute Gasteiger partial charge is 0.465 e. The van der Waals surface area contributed by atoms with Crippen molar-refractivity contribution in [1.82, 2.24) is 29.4 Å². The molecule has 0 aromatic carbocycles. The van der Waals surface area contributed by atoms with E-state index in [0.29, 0.717) is 49.8 Å². The van der Waals surface area contributed by atoms with Crippen molar-refractivity contribution in [2.45, 2.75) is 52.1 Å². The fourth-order valence-corrected chi connectivity index (χ4v) is 4.89. The van der Waals surface area contributed by atoms with Crippen molar-refractivity contribution in [3.05, 3.63) is 29.5 Å². The molecule has 4 rings (SSSR count). The van der Waals surface area contributed by atoms with E-state index in [0.717, 1.165) is 10.4 Å². The number of hydrogen-bond acceptors (Lipinski definition) is 7. The van der Waals surface area contributed by atoms with E-state index < -0.39 is 6.09 Å². The van der Waals surface area contributed by atoms with E-state index in [2.05, 4.69) is 20.4 Å². The summed E-state index contributed by atoms with van der Waals surface area (Å²) in [4.78, 5) is 38.2. The average molecular weight is 472 g/mol. The molecule has 10 nitrogen and oxygen atoms in total. The number of thiazole rings is 1. The third-order valence-electron chi connectivity index (χ3n) is 5.60. The van der Waals surface area contributed by atoms with Gasteiger partial charge in [0.05, 0.1) is 11.8 Å². The van der Waals surface area contributed by atoms with Crippen LogP contribution in [0.4, 0.5) is 10.6 Å². The number of fused-ring (bicyclic) bond motifs is 1.